The highest BCUT2D eigenvalue weighted by Gasteiger charge is 2.77. The first kappa shape index (κ1) is 26.8. The lowest BCUT2D eigenvalue weighted by Gasteiger charge is -2.52. The lowest BCUT2D eigenvalue weighted by molar-refractivity contribution is -0.302. The number of nitrogens with zero attached hydrogens (tertiary/aromatic N) is 2. The van der Waals surface area contributed by atoms with Gasteiger partial charge in [-0.3, -0.25) is 4.79 Å². The van der Waals surface area contributed by atoms with E-state index >= 15 is 0 Å². The predicted molar refractivity (Wildman–Crippen MR) is 150 cm³/mol. The number of hydrogen-bond donors (Lipinski definition) is 1. The van der Waals surface area contributed by atoms with E-state index in [4.69, 9.17) is 14.2 Å². The minimum absolute atomic E-state index is 0.0129. The first-order chi connectivity index (χ1) is 19.3. The zero-order chi connectivity index (χ0) is 29.1. The van der Waals surface area contributed by atoms with E-state index < -0.39 is 35.0 Å². The van der Waals surface area contributed by atoms with Gasteiger partial charge in [0.1, 0.15) is 6.10 Å². The summed E-state index contributed by atoms with van der Waals surface area (Å²) in [5.41, 5.74) is -0.789. The lowest BCUT2D eigenvalue weighted by Crippen LogP contribution is -2.68. The Labute approximate surface area is 240 Å². The molecule has 1 aromatic heterocycles. The minimum atomic E-state index is -1.86. The number of carbonyl (C=O) groups is 2. The van der Waals surface area contributed by atoms with E-state index in [2.05, 4.69) is 25.9 Å². The van der Waals surface area contributed by atoms with Crippen molar-refractivity contribution in [2.45, 2.75) is 71.6 Å². The van der Waals surface area contributed by atoms with Gasteiger partial charge < -0.3 is 19.3 Å². The molecule has 8 atom stereocenters. The maximum atomic E-state index is 14.8. The number of carbonyl (C=O) groups excluding carboxylic acids is 2. The SMILES string of the molecule is CC1=CC23C(=O)[C@@H](C=C4COC(C)(C)O[C@H]4[C@]2(O)[C@H]1OC(=O)c1ccnn1-c1ccccc1)[C@H]1[C@@H](CC3C)C1(C)C. The van der Waals surface area contributed by atoms with E-state index in [9.17, 15) is 14.7 Å². The average Bonchev–Trinajstić information content (AvgIpc) is 3.21. The summed E-state index contributed by atoms with van der Waals surface area (Å²) in [6.07, 6.45) is 4.25. The fourth-order valence-electron chi connectivity index (χ4n) is 8.70. The number of hydrogen-bond acceptors (Lipinski definition) is 7. The van der Waals surface area contributed by atoms with Crippen LogP contribution in [0.1, 0.15) is 58.5 Å². The molecule has 1 saturated heterocycles. The highest BCUT2D eigenvalue weighted by Crippen LogP contribution is 2.72. The summed E-state index contributed by atoms with van der Waals surface area (Å²) in [4.78, 5) is 28.7. The second-order valence-electron chi connectivity index (χ2n) is 13.7. The zero-order valence-electron chi connectivity index (χ0n) is 24.5. The van der Waals surface area contributed by atoms with Crippen molar-refractivity contribution in [2.24, 2.45) is 34.5 Å². The van der Waals surface area contributed by atoms with Crippen molar-refractivity contribution in [2.75, 3.05) is 6.61 Å². The highest BCUT2D eigenvalue weighted by atomic mass is 16.7. The molecule has 5 aliphatic rings. The van der Waals surface area contributed by atoms with E-state index in [1.165, 1.54) is 4.68 Å². The maximum Gasteiger partial charge on any atom is 0.357 e. The molecule has 2 heterocycles. The van der Waals surface area contributed by atoms with Gasteiger partial charge in [0.15, 0.2) is 29.0 Å². The first-order valence-corrected chi connectivity index (χ1v) is 14.6. The van der Waals surface area contributed by atoms with Crippen LogP contribution in [0.5, 0.6) is 0 Å². The van der Waals surface area contributed by atoms with E-state index in [0.29, 0.717) is 17.2 Å². The van der Waals surface area contributed by atoms with E-state index in [1.54, 1.807) is 12.3 Å². The van der Waals surface area contributed by atoms with Gasteiger partial charge in [-0.05, 0) is 79.7 Å². The molecule has 4 aliphatic carbocycles. The molecule has 3 fully saturated rings. The molecule has 1 N–H and O–H groups in total. The van der Waals surface area contributed by atoms with Gasteiger partial charge in [0.25, 0.3) is 0 Å². The molecule has 1 aromatic carbocycles. The summed E-state index contributed by atoms with van der Waals surface area (Å²) >= 11 is 0. The molecule has 2 aromatic rings. The second kappa shape index (κ2) is 8.49. The Morgan fingerprint density at radius 3 is 2.61 bits per heavy atom. The van der Waals surface area contributed by atoms with E-state index in [1.807, 2.05) is 63.3 Å². The standard InChI is InChI=1S/C33H38N2O6/c1-18-16-32-19(2)14-23-25(30(23,3)4)22(26(32)36)15-20-17-39-31(5,6)41-28(20)33(32,38)27(18)40-29(37)24-12-13-34-35(24)21-10-8-7-9-11-21/h7-13,15-16,19,22-23,25,27-28,38H,14,17H2,1-6H3/t19?,22-,23+,25-,27-,28+,32?,33+/m0/s1. The zero-order valence-corrected chi connectivity index (χ0v) is 24.5. The van der Waals surface area contributed by atoms with Gasteiger partial charge in [0, 0.05) is 5.92 Å². The Bertz CT molecular complexity index is 1500. The third-order valence-corrected chi connectivity index (χ3v) is 10.7. The molecule has 8 heteroatoms. The molecular formula is C33H38N2O6. The number of ketones is 1. The molecule has 0 amide bonds. The molecule has 7 rings (SSSR count). The molecule has 1 aliphatic heterocycles. The van der Waals surface area contributed by atoms with E-state index in [-0.39, 0.29) is 41.3 Å². The molecule has 0 radical (unpaired) electrons. The van der Waals surface area contributed by atoms with Crippen molar-refractivity contribution in [3.05, 3.63) is 71.6 Å². The number of rotatable bonds is 3. The fraction of sp³-hybridized carbons (Fsp3) is 0.545. The Balaban J connectivity index is 1.35. The van der Waals surface area contributed by atoms with Crippen molar-refractivity contribution < 1.29 is 28.9 Å². The van der Waals surface area contributed by atoms with Crippen molar-refractivity contribution in [3.63, 3.8) is 0 Å². The van der Waals surface area contributed by atoms with Gasteiger partial charge in [-0.1, -0.05) is 51.1 Å². The number of aromatic nitrogens is 2. The number of allylic oxidation sites excluding steroid dienone is 1. The smallest absolute Gasteiger partial charge is 0.357 e. The molecule has 2 unspecified atom stereocenters. The summed E-state index contributed by atoms with van der Waals surface area (Å²) in [5.74, 6) is -1.68. The van der Waals surface area contributed by atoms with Crippen LogP contribution in [0.4, 0.5) is 0 Å². The quantitative estimate of drug-likeness (QED) is 0.432. The van der Waals surface area contributed by atoms with Crippen LogP contribution in [0.2, 0.25) is 0 Å². The second-order valence-corrected chi connectivity index (χ2v) is 13.7. The van der Waals surface area contributed by atoms with Gasteiger partial charge in [-0.25, -0.2) is 9.48 Å². The summed E-state index contributed by atoms with van der Waals surface area (Å²) in [5, 5.41) is 17.5. The number of fused-ring (bicyclic) bond motifs is 5. The summed E-state index contributed by atoms with van der Waals surface area (Å²) in [6, 6.07) is 10.9. The first-order valence-electron chi connectivity index (χ1n) is 14.6. The number of esters is 1. The van der Waals surface area contributed by atoms with Gasteiger partial charge in [-0.2, -0.15) is 5.10 Å². The summed E-state index contributed by atoms with van der Waals surface area (Å²) in [6.45, 7) is 12.2. The third-order valence-electron chi connectivity index (χ3n) is 10.7. The van der Waals surface area contributed by atoms with Gasteiger partial charge in [-0.15, -0.1) is 0 Å². The Kier molecular flexibility index (Phi) is 5.55. The number of aliphatic hydroxyl groups is 1. The van der Waals surface area contributed by atoms with Crippen LogP contribution >= 0.6 is 0 Å². The van der Waals surface area contributed by atoms with Gasteiger partial charge >= 0.3 is 5.97 Å². The van der Waals surface area contributed by atoms with Crippen LogP contribution in [0.15, 0.2) is 65.9 Å². The van der Waals surface area contributed by atoms with Crippen LogP contribution in [0.25, 0.3) is 5.69 Å². The minimum Gasteiger partial charge on any atom is -0.450 e. The Morgan fingerprint density at radius 2 is 1.88 bits per heavy atom. The predicted octanol–water partition coefficient (Wildman–Crippen LogP) is 4.66. The number of Topliss-reactive ketones (excluding diaryl/α,β-unsaturated/α-hetero) is 1. The normalized spacial score (nSPS) is 39.7. The molecule has 41 heavy (non-hydrogen) atoms. The van der Waals surface area contributed by atoms with Gasteiger partial charge in [0.05, 0.1) is 23.9 Å². The van der Waals surface area contributed by atoms with E-state index in [0.717, 1.165) is 12.0 Å². The average molecular weight is 559 g/mol. The molecular weight excluding hydrogens is 520 g/mol. The summed E-state index contributed by atoms with van der Waals surface area (Å²) in [7, 11) is 0. The van der Waals surface area contributed by atoms with Crippen molar-refractivity contribution in [1.82, 2.24) is 9.78 Å². The molecule has 2 bridgehead atoms. The number of ether oxygens (including phenoxy) is 3. The molecule has 216 valence electrons. The molecule has 2 saturated carbocycles. The van der Waals surface area contributed by atoms with Crippen LogP contribution < -0.4 is 0 Å². The van der Waals surface area contributed by atoms with Crippen molar-refractivity contribution in [1.29, 1.82) is 0 Å². The van der Waals surface area contributed by atoms with Crippen molar-refractivity contribution in [3.8, 4) is 5.69 Å². The van der Waals surface area contributed by atoms with Crippen LogP contribution in [0.3, 0.4) is 0 Å². The van der Waals surface area contributed by atoms with Gasteiger partial charge in [0.2, 0.25) is 0 Å². The topological polar surface area (TPSA) is 99.9 Å². The largest absolute Gasteiger partial charge is 0.450 e. The van der Waals surface area contributed by atoms with Crippen LogP contribution in [-0.4, -0.2) is 56.8 Å². The third kappa shape index (κ3) is 3.47. The highest BCUT2D eigenvalue weighted by molar-refractivity contribution is 5.96. The maximum absolute atomic E-state index is 14.8. The lowest BCUT2D eigenvalue weighted by atomic mass is 9.59. The van der Waals surface area contributed by atoms with Crippen LogP contribution in [-0.2, 0) is 19.0 Å². The van der Waals surface area contributed by atoms with Crippen molar-refractivity contribution >= 4 is 11.8 Å². The fourth-order valence-corrected chi connectivity index (χ4v) is 8.70. The Hall–Kier alpha value is -3.07. The molecule has 1 spiro atoms. The van der Waals surface area contributed by atoms with Crippen LogP contribution in [0, 0.1) is 34.5 Å². The summed E-state index contributed by atoms with van der Waals surface area (Å²) < 4.78 is 20.3. The number of benzene rings is 1. The number of para-hydroxylation sites is 1. The molecule has 8 nitrogen and oxygen atoms in total. The Morgan fingerprint density at radius 1 is 1.15 bits per heavy atom. The monoisotopic (exact) mass is 558 g/mol.